The first-order valence-corrected chi connectivity index (χ1v) is 9.54. The van der Waals surface area contributed by atoms with Crippen LogP contribution in [-0.4, -0.2) is 55.1 Å². The highest BCUT2D eigenvalue weighted by molar-refractivity contribution is 14.0. The van der Waals surface area contributed by atoms with Crippen LogP contribution in [0.5, 0.6) is 5.75 Å². The zero-order valence-corrected chi connectivity index (χ0v) is 20.3. The molecule has 2 rings (SSSR count). The van der Waals surface area contributed by atoms with Crippen LogP contribution in [0.25, 0.3) is 0 Å². The average molecular weight is 534 g/mol. The summed E-state index contributed by atoms with van der Waals surface area (Å²) in [5.74, 6) is 1.28. The van der Waals surface area contributed by atoms with Gasteiger partial charge in [-0.3, -0.25) is 9.79 Å². The number of halogens is 2. The van der Waals surface area contributed by atoms with Gasteiger partial charge >= 0.3 is 0 Å². The van der Waals surface area contributed by atoms with E-state index in [1.54, 1.807) is 31.4 Å². The summed E-state index contributed by atoms with van der Waals surface area (Å²) in [7, 11) is 5.51. The summed E-state index contributed by atoms with van der Waals surface area (Å²) in [5, 5.41) is 6.86. The number of amides is 1. The predicted octanol–water partition coefficient (Wildman–Crippen LogP) is 3.13. The van der Waals surface area contributed by atoms with Crippen LogP contribution in [0.3, 0.4) is 0 Å². The van der Waals surface area contributed by atoms with Crippen molar-refractivity contribution < 1.29 is 9.53 Å². The molecule has 9 heteroatoms. The van der Waals surface area contributed by atoms with E-state index >= 15 is 0 Å². The highest BCUT2D eigenvalue weighted by atomic mass is 127. The van der Waals surface area contributed by atoms with E-state index in [1.807, 2.05) is 42.7 Å². The molecule has 0 atom stereocenters. The Morgan fingerprint density at radius 3 is 2.69 bits per heavy atom. The van der Waals surface area contributed by atoms with Crippen LogP contribution in [0, 0.1) is 0 Å². The molecule has 1 aromatic carbocycles. The number of carbonyl (C=O) groups is 1. The van der Waals surface area contributed by atoms with Gasteiger partial charge in [0.15, 0.2) is 5.96 Å². The number of methoxy groups -OCH3 is 1. The second kappa shape index (κ2) is 12.6. The molecule has 1 aromatic heterocycles. The molecule has 0 aliphatic rings. The largest absolute Gasteiger partial charge is 0.497 e. The lowest BCUT2D eigenvalue weighted by molar-refractivity contribution is 0.0954. The lowest BCUT2D eigenvalue weighted by atomic mass is 10.2. The Kier molecular flexibility index (Phi) is 10.9. The van der Waals surface area contributed by atoms with Crippen LogP contribution >= 0.6 is 35.6 Å². The number of aliphatic imine (C=N–C) groups is 1. The number of guanidine groups is 1. The van der Waals surface area contributed by atoms with Gasteiger partial charge in [0, 0.05) is 44.6 Å². The van der Waals surface area contributed by atoms with Crippen molar-refractivity contribution in [2.75, 3.05) is 33.8 Å². The highest BCUT2D eigenvalue weighted by Gasteiger charge is 2.10. The molecular weight excluding hydrogens is 505 g/mol. The van der Waals surface area contributed by atoms with E-state index in [0.29, 0.717) is 36.0 Å². The summed E-state index contributed by atoms with van der Waals surface area (Å²) in [6.45, 7) is 4.36. The molecule has 0 fully saturated rings. The van der Waals surface area contributed by atoms with Crippen molar-refractivity contribution in [1.29, 1.82) is 0 Å². The first-order valence-electron chi connectivity index (χ1n) is 9.17. The molecule has 0 aliphatic heterocycles. The van der Waals surface area contributed by atoms with Crippen molar-refractivity contribution >= 4 is 47.4 Å². The van der Waals surface area contributed by atoms with Gasteiger partial charge in [-0.1, -0.05) is 17.7 Å². The molecule has 0 spiro atoms. The Balaban J connectivity index is 0.00000420. The Labute approximate surface area is 194 Å². The van der Waals surface area contributed by atoms with E-state index in [0.717, 1.165) is 18.2 Å². The molecule has 2 N–H and O–H groups in total. The minimum absolute atomic E-state index is 0. The number of hydrogen-bond donors (Lipinski definition) is 2. The molecule has 7 nitrogen and oxygen atoms in total. The van der Waals surface area contributed by atoms with Crippen LogP contribution in [-0.2, 0) is 13.6 Å². The zero-order chi connectivity index (χ0) is 20.5. The first-order chi connectivity index (χ1) is 13.4. The third-order valence-corrected chi connectivity index (χ3v) is 4.37. The molecule has 0 unspecified atom stereocenters. The van der Waals surface area contributed by atoms with E-state index in [1.165, 1.54) is 0 Å². The van der Waals surface area contributed by atoms with Crippen LogP contribution in [0.1, 0.15) is 23.0 Å². The summed E-state index contributed by atoms with van der Waals surface area (Å²) >= 11 is 6.06. The van der Waals surface area contributed by atoms with E-state index < -0.39 is 0 Å². The summed E-state index contributed by atoms with van der Waals surface area (Å²) in [6, 6.07) is 9.00. The average Bonchev–Trinajstić information content (AvgIpc) is 3.00. The molecule has 0 bridgehead atoms. The maximum atomic E-state index is 12.2. The summed E-state index contributed by atoms with van der Waals surface area (Å²) in [5.41, 5.74) is 1.65. The Morgan fingerprint density at radius 2 is 2.07 bits per heavy atom. The quantitative estimate of drug-likeness (QED) is 0.237. The summed E-state index contributed by atoms with van der Waals surface area (Å²) in [6.07, 6.45) is 1.88. The molecule has 1 amide bonds. The van der Waals surface area contributed by atoms with E-state index in [2.05, 4.69) is 15.6 Å². The maximum absolute atomic E-state index is 12.2. The fraction of sp³-hybridized carbons (Fsp3) is 0.400. The van der Waals surface area contributed by atoms with Gasteiger partial charge in [0.1, 0.15) is 5.75 Å². The van der Waals surface area contributed by atoms with Gasteiger partial charge < -0.3 is 24.8 Å². The summed E-state index contributed by atoms with van der Waals surface area (Å²) in [4.78, 5) is 18.9. The number of nitrogens with zero attached hydrogens (tertiary/aromatic N) is 3. The first kappa shape index (κ1) is 25.1. The van der Waals surface area contributed by atoms with Gasteiger partial charge in [-0.2, -0.15) is 0 Å². The van der Waals surface area contributed by atoms with Crippen molar-refractivity contribution in [2.45, 2.75) is 13.5 Å². The van der Waals surface area contributed by atoms with Crippen LogP contribution in [0.2, 0.25) is 5.02 Å². The lowest BCUT2D eigenvalue weighted by Gasteiger charge is -2.22. The second-order valence-corrected chi connectivity index (χ2v) is 6.78. The van der Waals surface area contributed by atoms with Gasteiger partial charge in [0.05, 0.1) is 25.2 Å². The Bertz CT molecular complexity index is 825. The fourth-order valence-corrected chi connectivity index (χ4v) is 2.98. The van der Waals surface area contributed by atoms with Crippen molar-refractivity contribution in [3.63, 3.8) is 0 Å². The lowest BCUT2D eigenvalue weighted by Crippen LogP contribution is -2.39. The third-order valence-electron chi connectivity index (χ3n) is 4.16. The molecular formula is C20H29ClIN5O2. The van der Waals surface area contributed by atoms with Crippen LogP contribution < -0.4 is 15.4 Å². The molecule has 0 saturated heterocycles. The molecule has 2 aromatic rings. The molecule has 0 saturated carbocycles. The third kappa shape index (κ3) is 7.77. The highest BCUT2D eigenvalue weighted by Crippen LogP contribution is 2.14. The molecule has 0 aliphatic carbocycles. The minimum atomic E-state index is -0.147. The zero-order valence-electron chi connectivity index (χ0n) is 17.2. The smallest absolute Gasteiger partial charge is 0.251 e. The van der Waals surface area contributed by atoms with Gasteiger partial charge in [0.25, 0.3) is 5.91 Å². The van der Waals surface area contributed by atoms with E-state index in [9.17, 15) is 4.79 Å². The van der Waals surface area contributed by atoms with Gasteiger partial charge in [0.2, 0.25) is 0 Å². The topological polar surface area (TPSA) is 70.9 Å². The maximum Gasteiger partial charge on any atom is 0.251 e. The number of aromatic nitrogens is 1. The SMILES string of the molecule is CCNC(=NCCNC(=O)c1cccc(OC)c1)N(C)Cc1cc(Cl)cn1C.I. The van der Waals surface area contributed by atoms with Crippen molar-refractivity contribution in [2.24, 2.45) is 12.0 Å². The number of rotatable bonds is 8. The number of nitrogens with one attached hydrogen (secondary N) is 2. The number of aryl methyl sites for hydroxylation is 1. The number of hydrogen-bond acceptors (Lipinski definition) is 3. The Hall–Kier alpha value is -1.94. The van der Waals surface area contributed by atoms with Gasteiger partial charge in [-0.25, -0.2) is 0 Å². The van der Waals surface area contributed by atoms with Crippen molar-refractivity contribution in [3.05, 3.63) is 52.8 Å². The normalized spacial score (nSPS) is 10.9. The number of ether oxygens (including phenoxy) is 1. The van der Waals surface area contributed by atoms with Crippen molar-refractivity contribution in [1.82, 2.24) is 20.1 Å². The van der Waals surface area contributed by atoms with Crippen LogP contribution in [0.15, 0.2) is 41.5 Å². The minimum Gasteiger partial charge on any atom is -0.497 e. The molecule has 29 heavy (non-hydrogen) atoms. The van der Waals surface area contributed by atoms with E-state index in [-0.39, 0.29) is 29.9 Å². The second-order valence-electron chi connectivity index (χ2n) is 6.34. The van der Waals surface area contributed by atoms with E-state index in [4.69, 9.17) is 16.3 Å². The van der Waals surface area contributed by atoms with Crippen molar-refractivity contribution in [3.8, 4) is 5.75 Å². The predicted molar refractivity (Wildman–Crippen MR) is 129 cm³/mol. The van der Waals surface area contributed by atoms with Gasteiger partial charge in [-0.15, -0.1) is 24.0 Å². The number of carbonyl (C=O) groups excluding carboxylic acids is 1. The number of benzene rings is 1. The Morgan fingerprint density at radius 1 is 1.31 bits per heavy atom. The fourth-order valence-electron chi connectivity index (χ4n) is 2.71. The molecule has 1 heterocycles. The standard InChI is InChI=1S/C20H28ClN5O2.HI/c1-5-22-20(26(3)14-17-12-16(21)13-25(17)2)24-10-9-23-19(27)15-7-6-8-18(11-15)28-4;/h6-8,11-13H,5,9-10,14H2,1-4H3,(H,22,24)(H,23,27);1H. The van der Waals surface area contributed by atoms with Crippen LogP contribution in [0.4, 0.5) is 0 Å². The molecule has 0 radical (unpaired) electrons. The monoisotopic (exact) mass is 533 g/mol. The summed E-state index contributed by atoms with van der Waals surface area (Å²) < 4.78 is 7.15. The van der Waals surface area contributed by atoms with Gasteiger partial charge in [-0.05, 0) is 31.2 Å². The molecule has 160 valence electrons.